The van der Waals surface area contributed by atoms with E-state index in [-0.39, 0.29) is 12.1 Å². The molecule has 0 aromatic heterocycles. The lowest BCUT2D eigenvalue weighted by Crippen LogP contribution is -2.39. The SMILES string of the molecule is CCC1C(c2ccc(-c3ccc(C#N)cc3)cc2)CCC(C)C(c2ccc3c(c2)C2(c4ccccc4Oc4ccccc42)c2ccccc2-3)NC1c1ccccc1. The van der Waals surface area contributed by atoms with Crippen LogP contribution in [0.1, 0.15) is 95.6 Å². The minimum absolute atomic E-state index is 0.153. The van der Waals surface area contributed by atoms with Crippen molar-refractivity contribution in [1.29, 1.82) is 5.26 Å². The summed E-state index contributed by atoms with van der Waals surface area (Å²) in [6.07, 6.45) is 3.29. The molecule has 3 aliphatic rings. The molecule has 5 atom stereocenters. The lowest BCUT2D eigenvalue weighted by atomic mass is 9.65. The standard InChI is InChI=1S/C54H46N2O/c1-3-42-43(39-28-26-38(27-29-39)37-24-22-36(34-55)23-25-37)31-21-35(2)52(56-53(42)40-13-5-4-6-14-40)41-30-32-45-44-15-7-8-16-46(44)54(49(45)33-41)47-17-9-11-19-50(47)57-51-20-12-10-18-48(51)54/h4-20,22-30,32-33,35,42-43,52-53,56H,3,21,31H2,1-2H3. The van der Waals surface area contributed by atoms with Crippen LogP contribution in [0.2, 0.25) is 0 Å². The highest BCUT2D eigenvalue weighted by molar-refractivity contribution is 5.88. The Kier molecular flexibility index (Phi) is 8.89. The van der Waals surface area contributed by atoms with E-state index in [1.165, 1.54) is 55.6 Å². The van der Waals surface area contributed by atoms with Gasteiger partial charge in [-0.05, 0) is 105 Å². The minimum Gasteiger partial charge on any atom is -0.457 e. The molecule has 0 saturated carbocycles. The van der Waals surface area contributed by atoms with Crippen LogP contribution in [0.25, 0.3) is 22.3 Å². The van der Waals surface area contributed by atoms with E-state index in [0.29, 0.717) is 23.3 Å². The van der Waals surface area contributed by atoms with E-state index in [1.807, 2.05) is 12.1 Å². The van der Waals surface area contributed by atoms with Crippen molar-refractivity contribution in [1.82, 2.24) is 5.32 Å². The molecule has 3 heteroatoms. The molecule has 0 amide bonds. The first kappa shape index (κ1) is 35.2. The fraction of sp³-hybridized carbons (Fsp3) is 0.204. The van der Waals surface area contributed by atoms with Crippen LogP contribution >= 0.6 is 0 Å². The van der Waals surface area contributed by atoms with E-state index in [9.17, 15) is 5.26 Å². The highest BCUT2D eigenvalue weighted by Gasteiger charge is 2.51. The molecular formula is C54H46N2O. The number of hydrogen-bond acceptors (Lipinski definition) is 3. The highest BCUT2D eigenvalue weighted by atomic mass is 16.5. The van der Waals surface area contributed by atoms with E-state index in [4.69, 9.17) is 4.74 Å². The first-order chi connectivity index (χ1) is 28.1. The average Bonchev–Trinajstić information content (AvgIpc) is 3.55. The van der Waals surface area contributed by atoms with Crippen LogP contribution in [0, 0.1) is 23.2 Å². The van der Waals surface area contributed by atoms with Gasteiger partial charge in [-0.2, -0.15) is 5.26 Å². The van der Waals surface area contributed by atoms with Crippen LogP contribution in [0.5, 0.6) is 11.5 Å². The smallest absolute Gasteiger partial charge is 0.132 e. The normalized spacial score (nSPS) is 21.5. The van der Waals surface area contributed by atoms with Crippen molar-refractivity contribution in [3.63, 3.8) is 0 Å². The number of ether oxygens (including phenoxy) is 1. The fourth-order valence-electron chi connectivity index (χ4n) is 10.6. The van der Waals surface area contributed by atoms with Gasteiger partial charge in [-0.3, -0.25) is 0 Å². The summed E-state index contributed by atoms with van der Waals surface area (Å²) in [6, 6.07) is 64.5. The molecular weight excluding hydrogens is 693 g/mol. The van der Waals surface area contributed by atoms with Gasteiger partial charge in [-0.25, -0.2) is 0 Å². The molecule has 2 aliphatic heterocycles. The second-order valence-electron chi connectivity index (χ2n) is 16.3. The largest absolute Gasteiger partial charge is 0.457 e. The van der Waals surface area contributed by atoms with Gasteiger partial charge in [-0.15, -0.1) is 0 Å². The zero-order valence-corrected chi connectivity index (χ0v) is 32.5. The number of nitriles is 1. The number of benzene rings is 7. The van der Waals surface area contributed by atoms with Crippen molar-refractivity contribution in [3.8, 4) is 39.8 Å². The summed E-state index contributed by atoms with van der Waals surface area (Å²) in [5.41, 5.74) is 14.3. The molecule has 0 bridgehead atoms. The molecule has 0 radical (unpaired) electrons. The summed E-state index contributed by atoms with van der Waals surface area (Å²) >= 11 is 0. The molecule has 5 unspecified atom stereocenters. The first-order valence-corrected chi connectivity index (χ1v) is 20.6. The van der Waals surface area contributed by atoms with Gasteiger partial charge in [0.15, 0.2) is 0 Å². The molecule has 1 spiro atoms. The summed E-state index contributed by atoms with van der Waals surface area (Å²) in [6.45, 7) is 4.82. The Hall–Kier alpha value is -6.21. The van der Waals surface area contributed by atoms with Gasteiger partial charge in [-0.1, -0.05) is 166 Å². The molecule has 278 valence electrons. The molecule has 7 aromatic carbocycles. The van der Waals surface area contributed by atoms with Gasteiger partial charge in [0.1, 0.15) is 11.5 Å². The van der Waals surface area contributed by atoms with Crippen LogP contribution in [-0.4, -0.2) is 0 Å². The fourth-order valence-corrected chi connectivity index (χ4v) is 10.6. The van der Waals surface area contributed by atoms with Crippen molar-refractivity contribution >= 4 is 0 Å². The molecule has 10 rings (SSSR count). The maximum atomic E-state index is 9.30. The van der Waals surface area contributed by atoms with Gasteiger partial charge in [0.2, 0.25) is 0 Å². The summed E-state index contributed by atoms with van der Waals surface area (Å²) in [5, 5.41) is 13.7. The third kappa shape index (κ3) is 5.74. The predicted molar refractivity (Wildman–Crippen MR) is 230 cm³/mol. The number of hydrogen-bond donors (Lipinski definition) is 1. The number of para-hydroxylation sites is 2. The number of nitrogens with one attached hydrogen (secondary N) is 1. The summed E-state index contributed by atoms with van der Waals surface area (Å²) in [4.78, 5) is 0. The highest BCUT2D eigenvalue weighted by Crippen LogP contribution is 2.62. The maximum absolute atomic E-state index is 9.30. The maximum Gasteiger partial charge on any atom is 0.132 e. The third-order valence-electron chi connectivity index (χ3n) is 13.4. The Bertz CT molecular complexity index is 2570. The van der Waals surface area contributed by atoms with Gasteiger partial charge in [0, 0.05) is 23.2 Å². The Morgan fingerprint density at radius 3 is 1.82 bits per heavy atom. The molecule has 57 heavy (non-hydrogen) atoms. The Morgan fingerprint density at radius 1 is 0.579 bits per heavy atom. The quantitative estimate of drug-likeness (QED) is 0.191. The first-order valence-electron chi connectivity index (χ1n) is 20.6. The van der Waals surface area contributed by atoms with Gasteiger partial charge in [0.25, 0.3) is 0 Å². The van der Waals surface area contributed by atoms with Crippen molar-refractivity contribution < 1.29 is 4.74 Å². The molecule has 1 N–H and O–H groups in total. The van der Waals surface area contributed by atoms with E-state index in [0.717, 1.165) is 36.3 Å². The zero-order valence-electron chi connectivity index (χ0n) is 32.5. The van der Waals surface area contributed by atoms with Crippen LogP contribution < -0.4 is 10.1 Å². The lowest BCUT2D eigenvalue weighted by Gasteiger charge is -2.42. The minimum atomic E-state index is -0.488. The van der Waals surface area contributed by atoms with Crippen molar-refractivity contribution in [2.75, 3.05) is 0 Å². The number of rotatable bonds is 5. The van der Waals surface area contributed by atoms with Crippen LogP contribution in [0.15, 0.2) is 170 Å². The molecule has 1 fully saturated rings. The summed E-state index contributed by atoms with van der Waals surface area (Å²) in [7, 11) is 0. The second kappa shape index (κ2) is 14.4. The average molecular weight is 739 g/mol. The van der Waals surface area contributed by atoms with E-state index < -0.39 is 5.41 Å². The van der Waals surface area contributed by atoms with Gasteiger partial charge >= 0.3 is 0 Å². The van der Waals surface area contributed by atoms with E-state index in [1.54, 1.807) is 0 Å². The van der Waals surface area contributed by atoms with Crippen molar-refractivity contribution in [3.05, 3.63) is 214 Å². The topological polar surface area (TPSA) is 45.0 Å². The Balaban J connectivity index is 1.07. The van der Waals surface area contributed by atoms with E-state index in [2.05, 4.69) is 183 Å². The molecule has 1 saturated heterocycles. The van der Waals surface area contributed by atoms with Gasteiger partial charge < -0.3 is 10.1 Å². The monoisotopic (exact) mass is 738 g/mol. The van der Waals surface area contributed by atoms with E-state index >= 15 is 0 Å². The summed E-state index contributed by atoms with van der Waals surface area (Å²) in [5.74, 6) is 3.03. The lowest BCUT2D eigenvalue weighted by molar-refractivity contribution is 0.195. The van der Waals surface area contributed by atoms with Crippen LogP contribution in [-0.2, 0) is 5.41 Å². The Labute approximate surface area is 336 Å². The Morgan fingerprint density at radius 2 is 1.16 bits per heavy atom. The second-order valence-corrected chi connectivity index (χ2v) is 16.3. The van der Waals surface area contributed by atoms with Gasteiger partial charge in [0.05, 0.1) is 17.0 Å². The molecule has 1 aliphatic carbocycles. The number of fused-ring (bicyclic) bond motifs is 9. The summed E-state index contributed by atoms with van der Waals surface area (Å²) < 4.78 is 6.64. The zero-order chi connectivity index (χ0) is 38.5. The van der Waals surface area contributed by atoms with Crippen LogP contribution in [0.4, 0.5) is 0 Å². The third-order valence-corrected chi connectivity index (χ3v) is 13.4. The van der Waals surface area contributed by atoms with Crippen LogP contribution in [0.3, 0.4) is 0 Å². The number of nitrogens with zero attached hydrogens (tertiary/aromatic N) is 1. The molecule has 3 nitrogen and oxygen atoms in total. The predicted octanol–water partition coefficient (Wildman–Crippen LogP) is 13.3. The van der Waals surface area contributed by atoms with Crippen molar-refractivity contribution in [2.24, 2.45) is 11.8 Å². The molecule has 2 heterocycles. The van der Waals surface area contributed by atoms with Crippen molar-refractivity contribution in [2.45, 2.75) is 56.5 Å². The molecule has 7 aromatic rings.